The monoisotopic (exact) mass is 506 g/mol. The van der Waals surface area contributed by atoms with Crippen LogP contribution >= 0.6 is 0 Å². The lowest BCUT2D eigenvalue weighted by Gasteiger charge is -2.33. The maximum Gasteiger partial charge on any atom is 0.309 e. The number of piperazine rings is 1. The third-order valence-corrected chi connectivity index (χ3v) is 7.01. The lowest BCUT2D eigenvalue weighted by atomic mass is 9.88. The first-order valence-corrected chi connectivity index (χ1v) is 13.1. The van der Waals surface area contributed by atoms with Crippen molar-refractivity contribution in [3.63, 3.8) is 0 Å². The number of rotatable bonds is 6. The molecule has 2 aliphatic heterocycles. The topological polar surface area (TPSA) is 99.5 Å². The number of hydrogen-bond donors (Lipinski definition) is 2. The van der Waals surface area contributed by atoms with Gasteiger partial charge in [-0.3, -0.25) is 9.59 Å². The summed E-state index contributed by atoms with van der Waals surface area (Å²) in [6.45, 7) is 14.2. The van der Waals surface area contributed by atoms with Crippen LogP contribution in [0, 0.1) is 11.8 Å². The van der Waals surface area contributed by atoms with Crippen LogP contribution in [-0.4, -0.2) is 95.6 Å². The van der Waals surface area contributed by atoms with Crippen molar-refractivity contribution in [2.75, 3.05) is 39.8 Å². The first kappa shape index (κ1) is 30.2. The standard InChI is InChI=1S/C28H46N2O6/c1-20(19-30-16-14-29(6)15-17-30)8-7-9-21(2)27-22(3)10-11-25(35-23(4)31)28(5,34)13-12-24(32)18-26(33)36-27/h7-11,20,22,24-25,27,32,34H,12-19H2,1-6H3/b8-7+,11-10+,21-9+/t20-,22+,24+,25+,27-,28+/m1/s1. The zero-order chi connectivity index (χ0) is 26.9. The Kier molecular flexibility index (Phi) is 11.8. The molecule has 0 aromatic rings. The quantitative estimate of drug-likeness (QED) is 0.322. The predicted octanol–water partition coefficient (Wildman–Crippen LogP) is 2.70. The van der Waals surface area contributed by atoms with E-state index >= 15 is 0 Å². The Morgan fingerprint density at radius 1 is 1.28 bits per heavy atom. The zero-order valence-corrected chi connectivity index (χ0v) is 22.9. The summed E-state index contributed by atoms with van der Waals surface area (Å²) in [6, 6.07) is 0. The van der Waals surface area contributed by atoms with Gasteiger partial charge in [0.1, 0.15) is 17.8 Å². The van der Waals surface area contributed by atoms with Gasteiger partial charge in [-0.1, -0.05) is 38.2 Å². The Morgan fingerprint density at radius 2 is 1.94 bits per heavy atom. The Morgan fingerprint density at radius 3 is 2.58 bits per heavy atom. The minimum atomic E-state index is -1.38. The smallest absolute Gasteiger partial charge is 0.309 e. The molecule has 2 aliphatic rings. The molecule has 1 fully saturated rings. The SMILES string of the molecule is CC(=O)O[C@H]1/C=C/[C@H](C)[C@@H](/C(C)=C/C=C/[C@@H](C)CN2CCN(C)CC2)OC(=O)C[C@@H](O)CC[C@]1(C)O. The van der Waals surface area contributed by atoms with Gasteiger partial charge in [-0.2, -0.15) is 0 Å². The normalized spacial score (nSPS) is 33.9. The highest BCUT2D eigenvalue weighted by Gasteiger charge is 2.35. The van der Waals surface area contributed by atoms with Crippen LogP contribution in [0.2, 0.25) is 0 Å². The van der Waals surface area contributed by atoms with E-state index in [1.54, 1.807) is 13.0 Å². The van der Waals surface area contributed by atoms with E-state index in [1.807, 2.05) is 32.1 Å². The highest BCUT2D eigenvalue weighted by Crippen LogP contribution is 2.27. The number of aliphatic hydroxyl groups is 2. The Hall–Kier alpha value is -2.00. The van der Waals surface area contributed by atoms with Crippen LogP contribution in [0.5, 0.6) is 0 Å². The fourth-order valence-electron chi connectivity index (χ4n) is 4.62. The second-order valence-electron chi connectivity index (χ2n) is 10.8. The number of hydrogen-bond acceptors (Lipinski definition) is 8. The first-order chi connectivity index (χ1) is 16.9. The third kappa shape index (κ3) is 10.2. The van der Waals surface area contributed by atoms with Gasteiger partial charge in [0, 0.05) is 45.6 Å². The summed E-state index contributed by atoms with van der Waals surface area (Å²) in [5.74, 6) is -0.841. The van der Waals surface area contributed by atoms with E-state index in [9.17, 15) is 19.8 Å². The highest BCUT2D eigenvalue weighted by atomic mass is 16.6. The number of ether oxygens (including phenoxy) is 2. The number of nitrogens with zero attached hydrogens (tertiary/aromatic N) is 2. The first-order valence-electron chi connectivity index (χ1n) is 13.1. The van der Waals surface area contributed by atoms with Crippen molar-refractivity contribution in [2.24, 2.45) is 11.8 Å². The Balaban J connectivity index is 2.16. The van der Waals surface area contributed by atoms with Crippen LogP contribution in [0.4, 0.5) is 0 Å². The maximum atomic E-state index is 12.6. The van der Waals surface area contributed by atoms with Crippen LogP contribution in [0.1, 0.15) is 53.9 Å². The van der Waals surface area contributed by atoms with Gasteiger partial charge >= 0.3 is 11.9 Å². The second kappa shape index (κ2) is 14.1. The summed E-state index contributed by atoms with van der Waals surface area (Å²) in [7, 11) is 2.15. The lowest BCUT2D eigenvalue weighted by molar-refractivity contribution is -0.157. The number of carbonyl (C=O) groups excluding carboxylic acids is 2. The molecule has 0 aromatic heterocycles. The molecule has 2 N–H and O–H groups in total. The van der Waals surface area contributed by atoms with Gasteiger partial charge in [-0.15, -0.1) is 0 Å². The number of carbonyl (C=O) groups is 2. The molecular weight excluding hydrogens is 460 g/mol. The molecule has 0 radical (unpaired) electrons. The number of likely N-dealkylation sites (N-methyl/N-ethyl adjacent to an activating group) is 1. The minimum absolute atomic E-state index is 0.160. The van der Waals surface area contributed by atoms with Gasteiger partial charge in [0.2, 0.25) is 0 Å². The summed E-state index contributed by atoms with van der Waals surface area (Å²) in [4.78, 5) is 29.0. The fraction of sp³-hybridized carbons (Fsp3) is 0.714. The second-order valence-corrected chi connectivity index (χ2v) is 10.8. The van der Waals surface area contributed by atoms with Crippen molar-refractivity contribution in [1.82, 2.24) is 9.80 Å². The van der Waals surface area contributed by atoms with Gasteiger partial charge in [-0.25, -0.2) is 0 Å². The molecule has 0 saturated carbocycles. The molecule has 0 unspecified atom stereocenters. The largest absolute Gasteiger partial charge is 0.457 e. The highest BCUT2D eigenvalue weighted by molar-refractivity contribution is 5.70. The number of esters is 2. The van der Waals surface area contributed by atoms with E-state index in [0.717, 1.165) is 38.3 Å². The average Bonchev–Trinajstić information content (AvgIpc) is 2.79. The molecule has 2 heterocycles. The molecule has 36 heavy (non-hydrogen) atoms. The van der Waals surface area contributed by atoms with Gasteiger partial charge in [0.15, 0.2) is 0 Å². The van der Waals surface area contributed by atoms with E-state index in [1.165, 1.54) is 6.92 Å². The molecule has 0 aliphatic carbocycles. The van der Waals surface area contributed by atoms with Gasteiger partial charge in [-0.05, 0) is 51.3 Å². The molecule has 8 heteroatoms. The minimum Gasteiger partial charge on any atom is -0.457 e. The van der Waals surface area contributed by atoms with E-state index in [-0.39, 0.29) is 25.2 Å². The van der Waals surface area contributed by atoms with Crippen molar-refractivity contribution in [2.45, 2.75) is 77.8 Å². The molecular formula is C28H46N2O6. The van der Waals surface area contributed by atoms with Crippen LogP contribution < -0.4 is 0 Å². The molecule has 2 rings (SSSR count). The van der Waals surface area contributed by atoms with Crippen molar-refractivity contribution in [1.29, 1.82) is 0 Å². The molecule has 204 valence electrons. The summed E-state index contributed by atoms with van der Waals surface area (Å²) in [5.41, 5.74) is -0.513. The van der Waals surface area contributed by atoms with Crippen LogP contribution in [0.15, 0.2) is 36.0 Å². The van der Waals surface area contributed by atoms with Gasteiger partial charge in [0.25, 0.3) is 0 Å². The molecule has 0 spiro atoms. The molecule has 8 nitrogen and oxygen atoms in total. The molecule has 0 amide bonds. The third-order valence-electron chi connectivity index (χ3n) is 7.01. The number of cyclic esters (lactones) is 1. The van der Waals surface area contributed by atoms with E-state index in [2.05, 4.69) is 29.8 Å². The van der Waals surface area contributed by atoms with Crippen LogP contribution in [-0.2, 0) is 19.1 Å². The van der Waals surface area contributed by atoms with Gasteiger partial charge in [0.05, 0.1) is 12.5 Å². The number of allylic oxidation sites excluding steroid dienone is 2. The fourth-order valence-corrected chi connectivity index (χ4v) is 4.62. The van der Waals surface area contributed by atoms with Crippen molar-refractivity contribution in [3.8, 4) is 0 Å². The average molecular weight is 507 g/mol. The van der Waals surface area contributed by atoms with Crippen LogP contribution in [0.25, 0.3) is 0 Å². The van der Waals surface area contributed by atoms with Crippen molar-refractivity contribution >= 4 is 11.9 Å². The molecule has 1 saturated heterocycles. The van der Waals surface area contributed by atoms with E-state index in [4.69, 9.17) is 9.47 Å². The summed E-state index contributed by atoms with van der Waals surface area (Å²) < 4.78 is 11.2. The van der Waals surface area contributed by atoms with E-state index < -0.39 is 35.9 Å². The maximum absolute atomic E-state index is 12.6. The zero-order valence-electron chi connectivity index (χ0n) is 22.9. The van der Waals surface area contributed by atoms with Crippen LogP contribution in [0.3, 0.4) is 0 Å². The molecule has 0 aromatic carbocycles. The Labute approximate surface area is 216 Å². The summed E-state index contributed by atoms with van der Waals surface area (Å²) in [6.07, 6.45) is 7.40. The van der Waals surface area contributed by atoms with Crippen molar-refractivity contribution < 1.29 is 29.3 Å². The summed E-state index contributed by atoms with van der Waals surface area (Å²) in [5, 5.41) is 21.3. The van der Waals surface area contributed by atoms with Gasteiger partial charge < -0.3 is 29.5 Å². The Bertz CT molecular complexity index is 813. The summed E-state index contributed by atoms with van der Waals surface area (Å²) >= 11 is 0. The number of aliphatic hydroxyl groups excluding tert-OH is 1. The molecule has 6 atom stereocenters. The predicted molar refractivity (Wildman–Crippen MR) is 140 cm³/mol. The molecule has 0 bridgehead atoms. The lowest BCUT2D eigenvalue weighted by Crippen LogP contribution is -2.45. The van der Waals surface area contributed by atoms with Crippen molar-refractivity contribution in [3.05, 3.63) is 36.0 Å². The van der Waals surface area contributed by atoms with E-state index in [0.29, 0.717) is 5.92 Å².